The average Bonchev–Trinajstić information content (AvgIpc) is 3.07. The van der Waals surface area contributed by atoms with E-state index in [2.05, 4.69) is 0 Å². The van der Waals surface area contributed by atoms with E-state index in [4.69, 9.17) is 9.47 Å². The van der Waals surface area contributed by atoms with Gasteiger partial charge in [0.15, 0.2) is 6.61 Å². The van der Waals surface area contributed by atoms with Gasteiger partial charge in [0, 0.05) is 34.5 Å². The first-order chi connectivity index (χ1) is 13.9. The Morgan fingerprint density at radius 3 is 2.48 bits per heavy atom. The summed E-state index contributed by atoms with van der Waals surface area (Å²) >= 11 is 1.13. The molecule has 1 heterocycles. The van der Waals surface area contributed by atoms with Crippen LogP contribution in [0.4, 0.5) is 10.1 Å². The Labute approximate surface area is 172 Å². The van der Waals surface area contributed by atoms with Gasteiger partial charge in [-0.05, 0) is 38.1 Å². The number of para-hydroxylation sites is 1. The zero-order valence-electron chi connectivity index (χ0n) is 16.5. The predicted octanol–water partition coefficient (Wildman–Crippen LogP) is 4.79. The van der Waals surface area contributed by atoms with Crippen molar-refractivity contribution in [2.24, 2.45) is 0 Å². The van der Waals surface area contributed by atoms with Crippen molar-refractivity contribution < 1.29 is 23.5 Å². The topological polar surface area (TPSA) is 55.8 Å². The van der Waals surface area contributed by atoms with Crippen molar-refractivity contribution in [3.8, 4) is 0 Å². The van der Waals surface area contributed by atoms with E-state index < -0.39 is 18.4 Å². The number of anilines is 1. The molecule has 0 aliphatic carbocycles. The minimum absolute atomic E-state index is 0.0709. The van der Waals surface area contributed by atoms with Gasteiger partial charge in [-0.1, -0.05) is 24.3 Å². The summed E-state index contributed by atoms with van der Waals surface area (Å²) in [5.74, 6) is -1.42. The highest BCUT2D eigenvalue weighted by Gasteiger charge is 2.24. The molecule has 0 aliphatic rings. The van der Waals surface area contributed by atoms with Crippen molar-refractivity contribution in [3.63, 3.8) is 0 Å². The third-order valence-corrected chi connectivity index (χ3v) is 5.56. The summed E-state index contributed by atoms with van der Waals surface area (Å²) in [7, 11) is 1.48. The second kappa shape index (κ2) is 9.15. The van der Waals surface area contributed by atoms with Gasteiger partial charge in [0.2, 0.25) is 0 Å². The van der Waals surface area contributed by atoms with Crippen LogP contribution in [0.25, 0.3) is 10.1 Å². The lowest BCUT2D eigenvalue weighted by molar-refractivity contribution is -0.122. The predicted molar refractivity (Wildman–Crippen MR) is 112 cm³/mol. The molecule has 0 radical (unpaired) electrons. The molecule has 0 saturated carbocycles. The number of halogens is 1. The number of hydrogen-bond acceptors (Lipinski definition) is 5. The lowest BCUT2D eigenvalue weighted by atomic mass is 10.1. The number of carbonyl (C=O) groups is 2. The fourth-order valence-corrected chi connectivity index (χ4v) is 4.31. The second-order valence-electron chi connectivity index (χ2n) is 6.72. The quantitative estimate of drug-likeness (QED) is 0.521. The van der Waals surface area contributed by atoms with Crippen LogP contribution in [0.2, 0.25) is 0 Å². The number of carbonyl (C=O) groups excluding carboxylic acids is 2. The van der Waals surface area contributed by atoms with Gasteiger partial charge in [-0.15, -0.1) is 11.3 Å². The van der Waals surface area contributed by atoms with Crippen LogP contribution in [0.15, 0.2) is 48.5 Å². The molecule has 152 valence electrons. The molecule has 0 N–H and O–H groups in total. The second-order valence-corrected chi connectivity index (χ2v) is 7.78. The first kappa shape index (κ1) is 21.0. The summed E-state index contributed by atoms with van der Waals surface area (Å²) in [6, 6.07) is 13.8. The molecular weight excluding hydrogens is 393 g/mol. The van der Waals surface area contributed by atoms with Gasteiger partial charge in [0.25, 0.3) is 5.91 Å². The Balaban J connectivity index is 1.81. The highest BCUT2D eigenvalue weighted by atomic mass is 32.1. The van der Waals surface area contributed by atoms with Crippen LogP contribution in [0, 0.1) is 5.82 Å². The van der Waals surface area contributed by atoms with Crippen molar-refractivity contribution >= 4 is 39.0 Å². The average molecular weight is 415 g/mol. The van der Waals surface area contributed by atoms with Crippen molar-refractivity contribution in [3.05, 3.63) is 64.8 Å². The molecule has 7 heteroatoms. The lowest BCUT2D eigenvalue weighted by Crippen LogP contribution is -2.39. The van der Waals surface area contributed by atoms with Gasteiger partial charge in [-0.2, -0.15) is 0 Å². The molecule has 0 aliphatic heterocycles. The molecule has 0 unspecified atom stereocenters. The maximum Gasteiger partial charge on any atom is 0.349 e. The van der Waals surface area contributed by atoms with Gasteiger partial charge in [-0.25, -0.2) is 9.18 Å². The minimum Gasteiger partial charge on any atom is -0.451 e. The summed E-state index contributed by atoms with van der Waals surface area (Å²) in [6.07, 6.45) is 0. The molecule has 0 atom stereocenters. The van der Waals surface area contributed by atoms with E-state index in [1.807, 2.05) is 44.2 Å². The lowest BCUT2D eigenvalue weighted by Gasteiger charge is -2.26. The van der Waals surface area contributed by atoms with Crippen LogP contribution in [0.5, 0.6) is 0 Å². The normalized spacial score (nSPS) is 11.1. The minimum atomic E-state index is -0.664. The van der Waals surface area contributed by atoms with E-state index in [0.29, 0.717) is 15.6 Å². The van der Waals surface area contributed by atoms with Gasteiger partial charge < -0.3 is 14.4 Å². The van der Waals surface area contributed by atoms with E-state index in [-0.39, 0.29) is 23.4 Å². The van der Waals surface area contributed by atoms with E-state index in [1.165, 1.54) is 13.2 Å². The molecular formula is C22H22FNO4S. The van der Waals surface area contributed by atoms with E-state index >= 15 is 0 Å². The number of esters is 1. The van der Waals surface area contributed by atoms with Crippen LogP contribution < -0.4 is 4.90 Å². The summed E-state index contributed by atoms with van der Waals surface area (Å²) in [5, 5.41) is 0.353. The van der Waals surface area contributed by atoms with E-state index in [9.17, 15) is 14.0 Å². The number of ether oxygens (including phenoxy) is 2. The first-order valence-electron chi connectivity index (χ1n) is 9.17. The Kier molecular flexibility index (Phi) is 6.61. The Bertz CT molecular complexity index is 1020. The number of thiophene rings is 1. The first-order valence-corrected chi connectivity index (χ1v) is 9.98. The Morgan fingerprint density at radius 1 is 1.10 bits per heavy atom. The Hall–Kier alpha value is -2.77. The molecule has 1 aromatic heterocycles. The third kappa shape index (κ3) is 4.46. The van der Waals surface area contributed by atoms with Gasteiger partial charge in [0.05, 0.1) is 6.61 Å². The molecule has 0 bridgehead atoms. The summed E-state index contributed by atoms with van der Waals surface area (Å²) in [5.41, 5.74) is 1.17. The largest absolute Gasteiger partial charge is 0.451 e. The molecule has 2 aromatic carbocycles. The number of rotatable bonds is 7. The molecule has 0 fully saturated rings. The monoisotopic (exact) mass is 415 g/mol. The zero-order chi connectivity index (χ0) is 21.0. The molecule has 1 amide bonds. The van der Waals surface area contributed by atoms with E-state index in [1.54, 1.807) is 17.0 Å². The highest BCUT2D eigenvalue weighted by Crippen LogP contribution is 2.34. The van der Waals surface area contributed by atoms with Crippen LogP contribution in [0.1, 0.15) is 29.1 Å². The van der Waals surface area contributed by atoms with Gasteiger partial charge in [-0.3, -0.25) is 4.79 Å². The molecule has 0 saturated heterocycles. The SMILES string of the molecule is COCc1c(C(=O)OCC(=O)N(c2ccccc2)C(C)C)sc2cccc(F)c12. The molecule has 3 aromatic rings. The summed E-state index contributed by atoms with van der Waals surface area (Å²) in [6.45, 7) is 3.44. The number of nitrogens with zero attached hydrogens (tertiary/aromatic N) is 1. The molecule has 3 rings (SSSR count). The van der Waals surface area contributed by atoms with Crippen LogP contribution >= 0.6 is 11.3 Å². The van der Waals surface area contributed by atoms with Crippen molar-refractivity contribution in [1.82, 2.24) is 0 Å². The van der Waals surface area contributed by atoms with E-state index in [0.717, 1.165) is 17.0 Å². The van der Waals surface area contributed by atoms with Gasteiger partial charge in [0.1, 0.15) is 10.7 Å². The third-order valence-electron chi connectivity index (χ3n) is 4.38. The number of amides is 1. The van der Waals surface area contributed by atoms with Crippen LogP contribution in [0.3, 0.4) is 0 Å². The van der Waals surface area contributed by atoms with Crippen LogP contribution in [-0.2, 0) is 20.9 Å². The smallest absolute Gasteiger partial charge is 0.349 e. The maximum absolute atomic E-state index is 14.3. The number of hydrogen-bond donors (Lipinski definition) is 0. The van der Waals surface area contributed by atoms with Crippen LogP contribution in [-0.4, -0.2) is 31.6 Å². The number of benzene rings is 2. The van der Waals surface area contributed by atoms with Crippen molar-refractivity contribution in [2.45, 2.75) is 26.5 Å². The summed E-state index contributed by atoms with van der Waals surface area (Å²) < 4.78 is 25.4. The fourth-order valence-electron chi connectivity index (χ4n) is 3.20. The van der Waals surface area contributed by atoms with Crippen molar-refractivity contribution in [1.29, 1.82) is 0 Å². The fraction of sp³-hybridized carbons (Fsp3) is 0.273. The van der Waals surface area contributed by atoms with Gasteiger partial charge >= 0.3 is 5.97 Å². The Morgan fingerprint density at radius 2 is 1.83 bits per heavy atom. The summed E-state index contributed by atoms with van der Waals surface area (Å²) in [4.78, 5) is 27.2. The molecule has 5 nitrogen and oxygen atoms in total. The number of methoxy groups -OCH3 is 1. The zero-order valence-corrected chi connectivity index (χ0v) is 17.3. The highest BCUT2D eigenvalue weighted by molar-refractivity contribution is 7.21. The molecule has 29 heavy (non-hydrogen) atoms. The maximum atomic E-state index is 14.3. The standard InChI is InChI=1S/C22H22FNO4S/c1-14(2)24(15-8-5-4-6-9-15)19(25)13-28-22(26)21-16(12-27-3)20-17(23)10-7-11-18(20)29-21/h4-11,14H,12-13H2,1-3H3. The molecule has 0 spiro atoms. The number of fused-ring (bicyclic) bond motifs is 1. The van der Waals surface area contributed by atoms with Crippen molar-refractivity contribution in [2.75, 3.05) is 18.6 Å².